The Bertz CT molecular complexity index is 487. The molecule has 2 rings (SSSR count). The Morgan fingerprint density at radius 1 is 1.45 bits per heavy atom. The topological polar surface area (TPSA) is 75.7 Å². The summed E-state index contributed by atoms with van der Waals surface area (Å²) >= 11 is 1.54. The van der Waals surface area contributed by atoms with Crippen LogP contribution in [-0.2, 0) is 25.7 Å². The number of nitrogens with one attached hydrogen (secondary N) is 1. The molecule has 1 fully saturated rings. The lowest BCUT2D eigenvalue weighted by molar-refractivity contribution is -0.151. The predicted octanol–water partition coefficient (Wildman–Crippen LogP) is 0.530. The monoisotopic (exact) mass is 296 g/mol. The molecule has 108 valence electrons. The molecule has 0 bridgehead atoms. The van der Waals surface area contributed by atoms with Crippen LogP contribution in [0.1, 0.15) is 17.7 Å². The van der Waals surface area contributed by atoms with Crippen molar-refractivity contribution in [3.05, 3.63) is 22.4 Å². The summed E-state index contributed by atoms with van der Waals surface area (Å²) in [6.07, 6.45) is 1.25. The highest BCUT2D eigenvalue weighted by molar-refractivity contribution is 7.09. The van der Waals surface area contributed by atoms with Crippen molar-refractivity contribution >= 4 is 29.1 Å². The van der Waals surface area contributed by atoms with Gasteiger partial charge >= 0.3 is 5.97 Å². The van der Waals surface area contributed by atoms with Gasteiger partial charge in [0.15, 0.2) is 6.61 Å². The fourth-order valence-corrected chi connectivity index (χ4v) is 2.51. The van der Waals surface area contributed by atoms with Gasteiger partial charge in [-0.2, -0.15) is 0 Å². The van der Waals surface area contributed by atoms with Gasteiger partial charge in [-0.1, -0.05) is 6.07 Å². The Balaban J connectivity index is 1.62. The van der Waals surface area contributed by atoms with Crippen molar-refractivity contribution in [2.75, 3.05) is 19.7 Å². The normalized spacial score (nSPS) is 14.4. The molecular weight excluding hydrogens is 280 g/mol. The maximum absolute atomic E-state index is 11.5. The van der Waals surface area contributed by atoms with Gasteiger partial charge in [-0.3, -0.25) is 14.4 Å². The van der Waals surface area contributed by atoms with Gasteiger partial charge in [0.2, 0.25) is 5.91 Å². The van der Waals surface area contributed by atoms with E-state index in [1.165, 1.54) is 4.90 Å². The molecule has 0 aliphatic carbocycles. The van der Waals surface area contributed by atoms with Crippen molar-refractivity contribution in [3.63, 3.8) is 0 Å². The van der Waals surface area contributed by atoms with E-state index >= 15 is 0 Å². The largest absolute Gasteiger partial charge is 0.454 e. The van der Waals surface area contributed by atoms with E-state index in [0.29, 0.717) is 19.5 Å². The molecule has 0 radical (unpaired) electrons. The van der Waals surface area contributed by atoms with Crippen molar-refractivity contribution in [3.8, 4) is 0 Å². The van der Waals surface area contributed by atoms with Gasteiger partial charge in [0.1, 0.15) is 6.54 Å². The number of nitrogens with zero attached hydrogens (tertiary/aromatic N) is 1. The molecule has 2 amide bonds. The smallest absolute Gasteiger partial charge is 0.326 e. The van der Waals surface area contributed by atoms with Gasteiger partial charge in [0.05, 0.1) is 6.54 Å². The van der Waals surface area contributed by atoms with Crippen LogP contribution in [0.3, 0.4) is 0 Å². The second-order valence-corrected chi connectivity index (χ2v) is 5.47. The number of esters is 1. The first-order chi connectivity index (χ1) is 9.65. The Kier molecular flexibility index (Phi) is 5.11. The minimum absolute atomic E-state index is 0.0379. The molecule has 1 aromatic rings. The molecular formula is C13H16N2O4S. The van der Waals surface area contributed by atoms with Crippen molar-refractivity contribution < 1.29 is 19.1 Å². The summed E-state index contributed by atoms with van der Waals surface area (Å²) in [5.74, 6) is -0.935. The van der Waals surface area contributed by atoms with Crippen molar-refractivity contribution in [1.29, 1.82) is 0 Å². The molecule has 0 saturated carbocycles. The van der Waals surface area contributed by atoms with Gasteiger partial charge in [-0.25, -0.2) is 0 Å². The lowest BCUT2D eigenvalue weighted by Gasteiger charge is -2.14. The van der Waals surface area contributed by atoms with Crippen molar-refractivity contribution in [1.82, 2.24) is 10.2 Å². The number of carbonyl (C=O) groups is 3. The standard InChI is InChI=1S/C13H16N2O4S/c16-11(14-7-10-3-2-6-20-10)9-19-13(18)8-15-5-1-4-12(15)17/h2-3,6H,1,4-5,7-9H2,(H,14,16). The molecule has 20 heavy (non-hydrogen) atoms. The summed E-state index contributed by atoms with van der Waals surface area (Å²) in [5.41, 5.74) is 0. The Hall–Kier alpha value is -1.89. The summed E-state index contributed by atoms with van der Waals surface area (Å²) in [7, 11) is 0. The molecule has 1 aromatic heterocycles. The Labute approximate surface area is 120 Å². The van der Waals surface area contributed by atoms with E-state index in [9.17, 15) is 14.4 Å². The summed E-state index contributed by atoms with van der Waals surface area (Å²) in [4.78, 5) is 36.8. The highest BCUT2D eigenvalue weighted by atomic mass is 32.1. The second kappa shape index (κ2) is 7.04. The molecule has 7 heteroatoms. The van der Waals surface area contributed by atoms with E-state index in [2.05, 4.69) is 5.32 Å². The molecule has 6 nitrogen and oxygen atoms in total. The number of carbonyl (C=O) groups excluding carboxylic acids is 3. The second-order valence-electron chi connectivity index (χ2n) is 4.44. The number of likely N-dealkylation sites (tertiary alicyclic amines) is 1. The van der Waals surface area contributed by atoms with E-state index in [0.717, 1.165) is 11.3 Å². The van der Waals surface area contributed by atoms with Gasteiger partial charge in [0, 0.05) is 17.8 Å². The molecule has 1 saturated heterocycles. The van der Waals surface area contributed by atoms with Crippen LogP contribution in [0.25, 0.3) is 0 Å². The maximum atomic E-state index is 11.5. The lowest BCUT2D eigenvalue weighted by Crippen LogP contribution is -2.34. The molecule has 1 aliphatic heterocycles. The third-order valence-electron chi connectivity index (χ3n) is 2.90. The lowest BCUT2D eigenvalue weighted by atomic mass is 10.4. The Morgan fingerprint density at radius 3 is 2.95 bits per heavy atom. The van der Waals surface area contributed by atoms with Crippen LogP contribution in [0.5, 0.6) is 0 Å². The molecule has 0 unspecified atom stereocenters. The molecule has 0 aromatic carbocycles. The Morgan fingerprint density at radius 2 is 2.30 bits per heavy atom. The fraction of sp³-hybridized carbons (Fsp3) is 0.462. The van der Waals surface area contributed by atoms with Crippen LogP contribution in [0.15, 0.2) is 17.5 Å². The number of hydrogen-bond acceptors (Lipinski definition) is 5. The summed E-state index contributed by atoms with van der Waals surface area (Å²) in [5, 5.41) is 4.58. The van der Waals surface area contributed by atoms with Crippen LogP contribution in [0.2, 0.25) is 0 Å². The van der Waals surface area contributed by atoms with Gasteiger partial charge in [-0.15, -0.1) is 11.3 Å². The zero-order valence-corrected chi connectivity index (χ0v) is 11.8. The number of thiophene rings is 1. The van der Waals surface area contributed by atoms with Gasteiger partial charge < -0.3 is 15.0 Å². The number of amides is 2. The third kappa shape index (κ3) is 4.34. The van der Waals surface area contributed by atoms with Gasteiger partial charge in [-0.05, 0) is 17.9 Å². The minimum atomic E-state index is -0.550. The molecule has 1 N–H and O–H groups in total. The van der Waals surface area contributed by atoms with Crippen LogP contribution in [0.4, 0.5) is 0 Å². The first kappa shape index (κ1) is 14.5. The van der Waals surface area contributed by atoms with Crippen LogP contribution in [0, 0.1) is 0 Å². The first-order valence-electron chi connectivity index (χ1n) is 6.37. The van der Waals surface area contributed by atoms with Crippen LogP contribution < -0.4 is 5.32 Å². The number of rotatable bonds is 6. The van der Waals surface area contributed by atoms with Gasteiger partial charge in [0.25, 0.3) is 5.91 Å². The molecule has 0 atom stereocenters. The quantitative estimate of drug-likeness (QED) is 0.777. The zero-order chi connectivity index (χ0) is 14.4. The zero-order valence-electron chi connectivity index (χ0n) is 11.0. The molecule has 0 spiro atoms. The molecule has 2 heterocycles. The van der Waals surface area contributed by atoms with E-state index < -0.39 is 5.97 Å². The summed E-state index contributed by atoms with van der Waals surface area (Å²) in [6, 6.07) is 3.81. The van der Waals surface area contributed by atoms with Crippen molar-refractivity contribution in [2.45, 2.75) is 19.4 Å². The highest BCUT2D eigenvalue weighted by Crippen LogP contribution is 2.09. The predicted molar refractivity (Wildman–Crippen MR) is 72.9 cm³/mol. The first-order valence-corrected chi connectivity index (χ1v) is 7.25. The highest BCUT2D eigenvalue weighted by Gasteiger charge is 2.23. The average Bonchev–Trinajstić information content (AvgIpc) is 3.07. The number of ether oxygens (including phenoxy) is 1. The van der Waals surface area contributed by atoms with Crippen LogP contribution >= 0.6 is 11.3 Å². The summed E-state index contributed by atoms with van der Waals surface area (Å²) < 4.78 is 4.84. The number of hydrogen-bond donors (Lipinski definition) is 1. The maximum Gasteiger partial charge on any atom is 0.326 e. The van der Waals surface area contributed by atoms with Crippen molar-refractivity contribution in [2.24, 2.45) is 0 Å². The van der Waals surface area contributed by atoms with E-state index in [-0.39, 0.29) is 25.0 Å². The molecule has 1 aliphatic rings. The van der Waals surface area contributed by atoms with E-state index in [1.54, 1.807) is 11.3 Å². The van der Waals surface area contributed by atoms with Crippen LogP contribution in [-0.4, -0.2) is 42.4 Å². The third-order valence-corrected chi connectivity index (χ3v) is 3.77. The summed E-state index contributed by atoms with van der Waals surface area (Å²) in [6.45, 7) is 0.625. The van der Waals surface area contributed by atoms with E-state index in [4.69, 9.17) is 4.74 Å². The fourth-order valence-electron chi connectivity index (χ4n) is 1.87. The average molecular weight is 296 g/mol. The SMILES string of the molecule is O=C(COC(=O)CN1CCCC1=O)NCc1cccs1. The van der Waals surface area contributed by atoms with E-state index in [1.807, 2.05) is 17.5 Å². The minimum Gasteiger partial charge on any atom is -0.454 e.